The maximum absolute atomic E-state index is 5.52. The van der Waals surface area contributed by atoms with Crippen LogP contribution < -0.4 is 5.73 Å². The van der Waals surface area contributed by atoms with Gasteiger partial charge in [-0.2, -0.15) is 0 Å². The smallest absolute Gasteiger partial charge is 0.151 e. The molecule has 1 saturated heterocycles. The molecular weight excluding hydrogens is 228 g/mol. The van der Waals surface area contributed by atoms with Crippen LogP contribution >= 0.6 is 0 Å². The van der Waals surface area contributed by atoms with E-state index in [0.717, 1.165) is 31.1 Å². The second kappa shape index (κ2) is 6.31. The molecule has 1 atom stereocenters. The van der Waals surface area contributed by atoms with E-state index in [1.54, 1.807) is 0 Å². The molecule has 5 nitrogen and oxygen atoms in total. The fourth-order valence-electron chi connectivity index (χ4n) is 2.74. The van der Waals surface area contributed by atoms with Crippen molar-refractivity contribution in [2.24, 2.45) is 5.73 Å². The van der Waals surface area contributed by atoms with E-state index in [2.05, 4.69) is 28.9 Å². The van der Waals surface area contributed by atoms with Crippen LogP contribution in [-0.4, -0.2) is 47.7 Å². The first-order valence-electron chi connectivity index (χ1n) is 6.80. The third kappa shape index (κ3) is 3.31. The lowest BCUT2D eigenvalue weighted by atomic mass is 10.2. The van der Waals surface area contributed by atoms with Crippen LogP contribution in [0.1, 0.15) is 31.2 Å². The van der Waals surface area contributed by atoms with Gasteiger partial charge in [0.05, 0.1) is 12.2 Å². The number of likely N-dealkylation sites (N-methyl/N-ethyl adjacent to an activating group) is 2. The Morgan fingerprint density at radius 2 is 2.44 bits per heavy atom. The van der Waals surface area contributed by atoms with E-state index in [0.29, 0.717) is 12.6 Å². The van der Waals surface area contributed by atoms with Gasteiger partial charge in [-0.3, -0.25) is 9.80 Å². The molecule has 2 N–H and O–H groups in total. The lowest BCUT2D eigenvalue weighted by Crippen LogP contribution is -2.38. The Hall–Kier alpha value is -0.910. The number of rotatable bonds is 6. The number of nitrogens with zero attached hydrogens (tertiary/aromatic N) is 3. The molecule has 2 rings (SSSR count). The summed E-state index contributed by atoms with van der Waals surface area (Å²) >= 11 is 0. The van der Waals surface area contributed by atoms with Gasteiger partial charge in [-0.15, -0.1) is 0 Å². The first kappa shape index (κ1) is 13.5. The number of nitrogens with two attached hydrogens (primary N) is 1. The zero-order valence-electron chi connectivity index (χ0n) is 11.4. The van der Waals surface area contributed by atoms with Crippen LogP contribution in [0.5, 0.6) is 0 Å². The van der Waals surface area contributed by atoms with Gasteiger partial charge in [0, 0.05) is 25.2 Å². The van der Waals surface area contributed by atoms with Crippen LogP contribution in [0.4, 0.5) is 0 Å². The predicted molar refractivity (Wildman–Crippen MR) is 71.0 cm³/mol. The molecule has 0 bridgehead atoms. The Bertz CT molecular complexity index is 366. The average Bonchev–Trinajstić information content (AvgIpc) is 2.97. The third-order valence-electron chi connectivity index (χ3n) is 3.67. The largest absolute Gasteiger partial charge is 0.360 e. The van der Waals surface area contributed by atoms with Crippen molar-refractivity contribution in [3.8, 4) is 0 Å². The zero-order valence-corrected chi connectivity index (χ0v) is 11.4. The van der Waals surface area contributed by atoms with Gasteiger partial charge >= 0.3 is 0 Å². The summed E-state index contributed by atoms with van der Waals surface area (Å²) in [6.45, 7) is 6.97. The Morgan fingerprint density at radius 1 is 1.61 bits per heavy atom. The van der Waals surface area contributed by atoms with Crippen LogP contribution in [0.2, 0.25) is 0 Å². The summed E-state index contributed by atoms with van der Waals surface area (Å²) in [5, 5.41) is 3.91. The summed E-state index contributed by atoms with van der Waals surface area (Å²) in [7, 11) is 2.14. The molecule has 0 amide bonds. The monoisotopic (exact) mass is 252 g/mol. The lowest BCUT2D eigenvalue weighted by molar-refractivity contribution is 0.184. The van der Waals surface area contributed by atoms with Gasteiger partial charge in [0.15, 0.2) is 5.76 Å². The van der Waals surface area contributed by atoms with E-state index in [9.17, 15) is 0 Å². The first-order chi connectivity index (χ1) is 8.72. The molecular formula is C13H24N4O. The van der Waals surface area contributed by atoms with Crippen LogP contribution in [0.3, 0.4) is 0 Å². The third-order valence-corrected chi connectivity index (χ3v) is 3.67. The molecule has 0 radical (unpaired) electrons. The van der Waals surface area contributed by atoms with E-state index >= 15 is 0 Å². The molecule has 1 aromatic rings. The molecule has 1 unspecified atom stereocenters. The minimum Gasteiger partial charge on any atom is -0.360 e. The quantitative estimate of drug-likeness (QED) is 0.820. The molecule has 1 aromatic heterocycles. The van der Waals surface area contributed by atoms with Gasteiger partial charge in [0.2, 0.25) is 0 Å². The minimum atomic E-state index is 0.444. The maximum Gasteiger partial charge on any atom is 0.151 e. The summed E-state index contributed by atoms with van der Waals surface area (Å²) in [5.41, 5.74) is 6.35. The van der Waals surface area contributed by atoms with E-state index in [1.165, 1.54) is 19.4 Å². The van der Waals surface area contributed by atoms with E-state index < -0.39 is 0 Å². The summed E-state index contributed by atoms with van der Waals surface area (Å²) in [4.78, 5) is 4.86. The number of hydrogen-bond acceptors (Lipinski definition) is 5. The minimum absolute atomic E-state index is 0.444. The molecule has 1 fully saturated rings. The molecule has 0 spiro atoms. The Kier molecular flexibility index (Phi) is 4.74. The first-order valence-corrected chi connectivity index (χ1v) is 6.80. The standard InChI is InChI=1S/C13H24N4O/c1-3-17-6-4-5-12(17)9-16(2)10-13-7-11(8-14)15-18-13/h7,12H,3-6,8-10,14H2,1-2H3. The molecule has 1 aliphatic heterocycles. The molecule has 0 aromatic carbocycles. The number of aromatic nitrogens is 1. The molecule has 2 heterocycles. The van der Waals surface area contributed by atoms with Crippen molar-refractivity contribution in [1.29, 1.82) is 0 Å². The average molecular weight is 252 g/mol. The highest BCUT2D eigenvalue weighted by atomic mass is 16.5. The Labute approximate surface area is 109 Å². The van der Waals surface area contributed by atoms with E-state index in [4.69, 9.17) is 10.3 Å². The van der Waals surface area contributed by atoms with Crippen molar-refractivity contribution in [2.75, 3.05) is 26.7 Å². The fourth-order valence-corrected chi connectivity index (χ4v) is 2.74. The fraction of sp³-hybridized carbons (Fsp3) is 0.769. The molecule has 1 aliphatic rings. The van der Waals surface area contributed by atoms with Crippen molar-refractivity contribution >= 4 is 0 Å². The predicted octanol–water partition coefficient (Wildman–Crippen LogP) is 1.05. The van der Waals surface area contributed by atoms with E-state index in [-0.39, 0.29) is 0 Å². The van der Waals surface area contributed by atoms with Crippen LogP contribution in [0.15, 0.2) is 10.6 Å². The SMILES string of the molecule is CCN1CCCC1CN(C)Cc1cc(CN)no1. The summed E-state index contributed by atoms with van der Waals surface area (Å²) in [6, 6.07) is 2.64. The van der Waals surface area contributed by atoms with Crippen molar-refractivity contribution in [1.82, 2.24) is 15.0 Å². The number of likely N-dealkylation sites (tertiary alicyclic amines) is 1. The highest BCUT2D eigenvalue weighted by molar-refractivity contribution is 5.04. The summed E-state index contributed by atoms with van der Waals surface area (Å²) < 4.78 is 5.26. The molecule has 5 heteroatoms. The second-order valence-corrected chi connectivity index (χ2v) is 5.11. The summed E-state index contributed by atoms with van der Waals surface area (Å²) in [6.07, 6.45) is 2.63. The lowest BCUT2D eigenvalue weighted by Gasteiger charge is -2.27. The summed E-state index contributed by atoms with van der Waals surface area (Å²) in [5.74, 6) is 0.902. The van der Waals surface area contributed by atoms with Crippen molar-refractivity contribution in [2.45, 2.75) is 38.9 Å². The van der Waals surface area contributed by atoms with Crippen molar-refractivity contribution in [3.05, 3.63) is 17.5 Å². The van der Waals surface area contributed by atoms with Gasteiger partial charge < -0.3 is 10.3 Å². The molecule has 102 valence electrons. The zero-order chi connectivity index (χ0) is 13.0. The maximum atomic E-state index is 5.52. The van der Waals surface area contributed by atoms with Crippen LogP contribution in [0, 0.1) is 0 Å². The van der Waals surface area contributed by atoms with Crippen molar-refractivity contribution < 1.29 is 4.52 Å². The van der Waals surface area contributed by atoms with Gasteiger partial charge in [0.1, 0.15) is 0 Å². The Morgan fingerprint density at radius 3 is 3.11 bits per heavy atom. The number of hydrogen-bond donors (Lipinski definition) is 1. The van der Waals surface area contributed by atoms with Crippen LogP contribution in [-0.2, 0) is 13.1 Å². The van der Waals surface area contributed by atoms with Gasteiger partial charge in [0.25, 0.3) is 0 Å². The van der Waals surface area contributed by atoms with E-state index in [1.807, 2.05) is 6.07 Å². The Balaban J connectivity index is 1.82. The van der Waals surface area contributed by atoms with Gasteiger partial charge in [-0.05, 0) is 33.0 Å². The highest BCUT2D eigenvalue weighted by Gasteiger charge is 2.24. The topological polar surface area (TPSA) is 58.5 Å². The molecule has 0 saturated carbocycles. The van der Waals surface area contributed by atoms with Crippen molar-refractivity contribution in [3.63, 3.8) is 0 Å². The van der Waals surface area contributed by atoms with Crippen LogP contribution in [0.25, 0.3) is 0 Å². The van der Waals surface area contributed by atoms with Gasteiger partial charge in [-0.1, -0.05) is 12.1 Å². The molecule has 18 heavy (non-hydrogen) atoms. The second-order valence-electron chi connectivity index (χ2n) is 5.11. The highest BCUT2D eigenvalue weighted by Crippen LogP contribution is 2.18. The van der Waals surface area contributed by atoms with Gasteiger partial charge in [-0.25, -0.2) is 0 Å². The normalized spacial score (nSPS) is 21.0. The molecule has 0 aliphatic carbocycles.